The highest BCUT2D eigenvalue weighted by atomic mass is 19.1. The zero-order valence-corrected chi connectivity index (χ0v) is 15.3. The molecule has 4 aromatic rings. The summed E-state index contributed by atoms with van der Waals surface area (Å²) in [6, 6.07) is 12.0. The molecule has 2 aromatic heterocycles. The zero-order valence-electron chi connectivity index (χ0n) is 15.3. The first-order valence-corrected chi connectivity index (χ1v) is 8.64. The van der Waals surface area contributed by atoms with Gasteiger partial charge in [0.05, 0.1) is 11.3 Å². The molecule has 0 aliphatic rings. The molecule has 0 fully saturated rings. The number of rotatable bonds is 5. The van der Waals surface area contributed by atoms with E-state index in [-0.39, 0.29) is 29.8 Å². The topological polar surface area (TPSA) is 103 Å². The van der Waals surface area contributed by atoms with Crippen LogP contribution in [0.4, 0.5) is 4.39 Å². The van der Waals surface area contributed by atoms with Crippen molar-refractivity contribution in [3.05, 3.63) is 88.1 Å². The van der Waals surface area contributed by atoms with Crippen LogP contribution in [0.15, 0.2) is 64.0 Å². The van der Waals surface area contributed by atoms with Crippen molar-refractivity contribution >= 4 is 5.97 Å². The highest BCUT2D eigenvalue weighted by Crippen LogP contribution is 2.18. The van der Waals surface area contributed by atoms with Gasteiger partial charge in [0.1, 0.15) is 5.82 Å². The first-order valence-electron chi connectivity index (χ1n) is 8.64. The zero-order chi connectivity index (χ0) is 20.4. The van der Waals surface area contributed by atoms with Crippen LogP contribution in [-0.2, 0) is 11.3 Å². The molecule has 8 nitrogen and oxygen atoms in total. The number of aryl methyl sites for hydroxylation is 1. The first-order chi connectivity index (χ1) is 14.0. The number of esters is 1. The lowest BCUT2D eigenvalue weighted by Crippen LogP contribution is -2.16. The minimum Gasteiger partial charge on any atom is -0.454 e. The van der Waals surface area contributed by atoms with Crippen LogP contribution in [0.2, 0.25) is 0 Å². The van der Waals surface area contributed by atoms with Crippen LogP contribution < -0.4 is 5.69 Å². The summed E-state index contributed by atoms with van der Waals surface area (Å²) < 4.78 is 24.8. The number of hydrogen-bond donors (Lipinski definition) is 1. The second-order valence-electron chi connectivity index (χ2n) is 6.22. The molecule has 0 atom stereocenters. The Kier molecular flexibility index (Phi) is 4.78. The van der Waals surface area contributed by atoms with Gasteiger partial charge in [-0.25, -0.2) is 14.0 Å². The van der Waals surface area contributed by atoms with E-state index in [2.05, 4.69) is 15.1 Å². The molecular formula is C20H15FN4O4. The molecule has 9 heteroatoms. The summed E-state index contributed by atoms with van der Waals surface area (Å²) in [5.74, 6) is -0.552. The van der Waals surface area contributed by atoms with Gasteiger partial charge in [0, 0.05) is 17.5 Å². The van der Waals surface area contributed by atoms with Crippen LogP contribution in [-0.4, -0.2) is 25.7 Å². The molecule has 0 unspecified atom stereocenters. The van der Waals surface area contributed by atoms with Gasteiger partial charge in [-0.1, -0.05) is 5.16 Å². The quantitative estimate of drug-likeness (QED) is 0.522. The molecule has 0 aliphatic carbocycles. The number of imidazole rings is 1. The molecule has 29 heavy (non-hydrogen) atoms. The maximum atomic E-state index is 13.0. The fourth-order valence-electron chi connectivity index (χ4n) is 2.76. The SMILES string of the molecule is Cc1c[nH]c(=O)n1-c1ccc(C(=O)OCc2noc(-c3ccc(F)cc3)n2)cc1. The number of ether oxygens (including phenoxy) is 1. The molecular weight excluding hydrogens is 379 g/mol. The van der Waals surface area contributed by atoms with E-state index in [0.29, 0.717) is 16.8 Å². The van der Waals surface area contributed by atoms with Crippen molar-refractivity contribution in [2.45, 2.75) is 13.5 Å². The number of aromatic nitrogens is 4. The lowest BCUT2D eigenvalue weighted by atomic mass is 10.2. The maximum Gasteiger partial charge on any atom is 0.338 e. The summed E-state index contributed by atoms with van der Waals surface area (Å²) in [4.78, 5) is 30.8. The predicted octanol–water partition coefficient (Wildman–Crippen LogP) is 3.02. The monoisotopic (exact) mass is 394 g/mol. The second-order valence-corrected chi connectivity index (χ2v) is 6.22. The Morgan fingerprint density at radius 3 is 2.55 bits per heavy atom. The van der Waals surface area contributed by atoms with Crippen molar-refractivity contribution in [2.24, 2.45) is 0 Å². The molecule has 0 saturated carbocycles. The predicted molar refractivity (Wildman–Crippen MR) is 99.9 cm³/mol. The molecule has 0 spiro atoms. The van der Waals surface area contributed by atoms with Gasteiger partial charge in [-0.2, -0.15) is 4.98 Å². The number of nitrogens with zero attached hydrogens (tertiary/aromatic N) is 3. The van der Waals surface area contributed by atoms with E-state index >= 15 is 0 Å². The van der Waals surface area contributed by atoms with Gasteiger partial charge in [0.15, 0.2) is 6.61 Å². The standard InChI is InChI=1S/C20H15FN4O4/c1-12-10-22-20(27)25(12)16-8-4-14(5-9-16)19(26)28-11-17-23-18(29-24-17)13-2-6-15(21)7-3-13/h2-10H,11H2,1H3,(H,22,27). The summed E-state index contributed by atoms with van der Waals surface area (Å²) >= 11 is 0. The van der Waals surface area contributed by atoms with Crippen molar-refractivity contribution in [3.8, 4) is 17.1 Å². The average Bonchev–Trinajstić information content (AvgIpc) is 3.33. The van der Waals surface area contributed by atoms with E-state index in [1.807, 2.05) is 0 Å². The molecule has 0 aliphatic heterocycles. The van der Waals surface area contributed by atoms with Crippen LogP contribution >= 0.6 is 0 Å². The molecule has 0 amide bonds. The van der Waals surface area contributed by atoms with E-state index in [9.17, 15) is 14.0 Å². The van der Waals surface area contributed by atoms with Crippen molar-refractivity contribution in [2.75, 3.05) is 0 Å². The molecule has 0 saturated heterocycles. The number of hydrogen-bond acceptors (Lipinski definition) is 6. The van der Waals surface area contributed by atoms with Gasteiger partial charge < -0.3 is 14.2 Å². The fourth-order valence-corrected chi connectivity index (χ4v) is 2.76. The number of nitrogens with one attached hydrogen (secondary N) is 1. The maximum absolute atomic E-state index is 13.0. The third-order valence-electron chi connectivity index (χ3n) is 4.21. The Hall–Kier alpha value is -4.01. The van der Waals surface area contributed by atoms with Gasteiger partial charge in [0.2, 0.25) is 5.82 Å². The largest absolute Gasteiger partial charge is 0.454 e. The van der Waals surface area contributed by atoms with Gasteiger partial charge >= 0.3 is 11.7 Å². The Bertz CT molecular complexity index is 1210. The van der Waals surface area contributed by atoms with Gasteiger partial charge in [-0.05, 0) is 55.5 Å². The first kappa shape index (κ1) is 18.4. The molecule has 2 aromatic carbocycles. The molecule has 2 heterocycles. The summed E-state index contributed by atoms with van der Waals surface area (Å²) in [6.07, 6.45) is 1.61. The lowest BCUT2D eigenvalue weighted by Gasteiger charge is -2.06. The van der Waals surface area contributed by atoms with Crippen LogP contribution in [0.1, 0.15) is 21.9 Å². The highest BCUT2D eigenvalue weighted by Gasteiger charge is 2.13. The van der Waals surface area contributed by atoms with E-state index in [4.69, 9.17) is 9.26 Å². The van der Waals surface area contributed by atoms with Gasteiger partial charge in [-0.15, -0.1) is 0 Å². The van der Waals surface area contributed by atoms with Crippen LogP contribution in [0, 0.1) is 12.7 Å². The van der Waals surface area contributed by atoms with Crippen molar-refractivity contribution in [1.29, 1.82) is 0 Å². The van der Waals surface area contributed by atoms with E-state index < -0.39 is 5.97 Å². The summed E-state index contributed by atoms with van der Waals surface area (Å²) in [7, 11) is 0. The van der Waals surface area contributed by atoms with E-state index in [0.717, 1.165) is 5.69 Å². The third-order valence-corrected chi connectivity index (χ3v) is 4.21. The Labute approximate surface area is 163 Å². The summed E-state index contributed by atoms with van der Waals surface area (Å²) in [5.41, 5.74) is 2.00. The smallest absolute Gasteiger partial charge is 0.338 e. The Balaban J connectivity index is 1.41. The van der Waals surface area contributed by atoms with Crippen molar-refractivity contribution in [3.63, 3.8) is 0 Å². The number of halogens is 1. The number of carbonyl (C=O) groups excluding carboxylic acids is 1. The van der Waals surface area contributed by atoms with Crippen molar-refractivity contribution in [1.82, 2.24) is 19.7 Å². The normalized spacial score (nSPS) is 10.8. The molecule has 1 N–H and O–H groups in total. The lowest BCUT2D eigenvalue weighted by molar-refractivity contribution is 0.0459. The van der Waals surface area contributed by atoms with Crippen molar-refractivity contribution < 1.29 is 18.4 Å². The number of aromatic amines is 1. The number of benzene rings is 2. The molecule has 4 rings (SSSR count). The van der Waals surface area contributed by atoms with E-state index in [1.54, 1.807) is 37.4 Å². The van der Waals surface area contributed by atoms with Crippen LogP contribution in [0.5, 0.6) is 0 Å². The highest BCUT2D eigenvalue weighted by molar-refractivity contribution is 5.89. The number of carbonyl (C=O) groups is 1. The fraction of sp³-hybridized carbons (Fsp3) is 0.100. The average molecular weight is 394 g/mol. The Morgan fingerprint density at radius 1 is 1.17 bits per heavy atom. The van der Waals surface area contributed by atoms with Crippen LogP contribution in [0.3, 0.4) is 0 Å². The molecule has 146 valence electrons. The second kappa shape index (κ2) is 7.55. The van der Waals surface area contributed by atoms with Gasteiger partial charge in [-0.3, -0.25) is 4.57 Å². The minimum atomic E-state index is -0.567. The molecule has 0 radical (unpaired) electrons. The minimum absolute atomic E-state index is 0.179. The third kappa shape index (κ3) is 3.84. The van der Waals surface area contributed by atoms with Gasteiger partial charge in [0.25, 0.3) is 5.89 Å². The number of H-pyrrole nitrogens is 1. The van der Waals surface area contributed by atoms with E-state index in [1.165, 1.54) is 28.8 Å². The molecule has 0 bridgehead atoms. The Morgan fingerprint density at radius 2 is 1.90 bits per heavy atom. The summed E-state index contributed by atoms with van der Waals surface area (Å²) in [6.45, 7) is 1.62. The summed E-state index contributed by atoms with van der Waals surface area (Å²) in [5, 5.41) is 3.75. The van der Waals surface area contributed by atoms with Crippen LogP contribution in [0.25, 0.3) is 17.1 Å².